The fraction of sp³-hybridized carbons (Fsp3) is 0.208. The summed E-state index contributed by atoms with van der Waals surface area (Å²) in [5.41, 5.74) is 3.44. The van der Waals surface area contributed by atoms with Crippen molar-refractivity contribution in [2.75, 3.05) is 18.0 Å². The number of thioether (sulfide) groups is 1. The molecule has 0 spiro atoms. The summed E-state index contributed by atoms with van der Waals surface area (Å²) in [5, 5.41) is 2.64. The Hall–Kier alpha value is -3.50. The molecule has 0 bridgehead atoms. The van der Waals surface area contributed by atoms with Gasteiger partial charge in [0.2, 0.25) is 0 Å². The minimum atomic E-state index is -0.415. The van der Waals surface area contributed by atoms with Crippen LogP contribution in [0.1, 0.15) is 36.1 Å². The Bertz CT molecular complexity index is 1260. The quantitative estimate of drug-likeness (QED) is 0.476. The molecule has 2 saturated heterocycles. The van der Waals surface area contributed by atoms with Gasteiger partial charge in [-0.05, 0) is 61.4 Å². The Morgan fingerprint density at radius 1 is 1.06 bits per heavy atom. The number of hydrogen-bond donors (Lipinski definition) is 1. The number of furan rings is 1. The molecular formula is C24H19N3O3S. The van der Waals surface area contributed by atoms with E-state index in [-0.39, 0.29) is 5.24 Å². The molecule has 0 unspecified atom stereocenters. The van der Waals surface area contributed by atoms with Crippen LogP contribution in [0.3, 0.4) is 0 Å². The topological polar surface area (TPSA) is 75.4 Å². The molecule has 0 radical (unpaired) electrons. The zero-order chi connectivity index (χ0) is 21.2. The molecule has 2 amide bonds. The van der Waals surface area contributed by atoms with Crippen molar-refractivity contribution < 1.29 is 14.0 Å². The first kappa shape index (κ1) is 19.5. The lowest BCUT2D eigenvalue weighted by Gasteiger charge is -2.28. The van der Waals surface area contributed by atoms with E-state index in [1.54, 1.807) is 24.5 Å². The van der Waals surface area contributed by atoms with Gasteiger partial charge in [-0.2, -0.15) is 0 Å². The van der Waals surface area contributed by atoms with Crippen molar-refractivity contribution in [1.29, 1.82) is 0 Å². The average Bonchev–Trinajstić information content (AvgIpc) is 3.35. The van der Waals surface area contributed by atoms with E-state index in [1.165, 1.54) is 24.9 Å². The third-order valence-electron chi connectivity index (χ3n) is 5.29. The van der Waals surface area contributed by atoms with Crippen LogP contribution in [0.4, 0.5) is 10.5 Å². The molecule has 2 fully saturated rings. The van der Waals surface area contributed by atoms with Crippen LogP contribution >= 0.6 is 11.8 Å². The van der Waals surface area contributed by atoms with Crippen molar-refractivity contribution in [2.45, 2.75) is 19.3 Å². The summed E-state index contributed by atoms with van der Waals surface area (Å²) in [4.78, 5) is 30.1. The van der Waals surface area contributed by atoms with Crippen LogP contribution in [-0.2, 0) is 4.79 Å². The highest BCUT2D eigenvalue weighted by molar-refractivity contribution is 8.18. The third kappa shape index (κ3) is 4.21. The Kier molecular flexibility index (Phi) is 5.23. The summed E-state index contributed by atoms with van der Waals surface area (Å²) < 4.78 is 5.90. The van der Waals surface area contributed by atoms with Gasteiger partial charge < -0.3 is 9.32 Å². The lowest BCUT2D eigenvalue weighted by molar-refractivity contribution is -0.115. The number of benzene rings is 1. The number of pyridine rings is 1. The maximum absolute atomic E-state index is 11.8. The fourth-order valence-corrected chi connectivity index (χ4v) is 4.40. The predicted molar refractivity (Wildman–Crippen MR) is 122 cm³/mol. The molecule has 2 aliphatic heterocycles. The van der Waals surface area contributed by atoms with Crippen molar-refractivity contribution in [3.8, 4) is 11.8 Å². The zero-order valence-electron chi connectivity index (χ0n) is 16.7. The average molecular weight is 430 g/mol. The molecule has 31 heavy (non-hydrogen) atoms. The van der Waals surface area contributed by atoms with Gasteiger partial charge in [0, 0.05) is 48.2 Å². The van der Waals surface area contributed by atoms with E-state index in [0.717, 1.165) is 35.8 Å². The Morgan fingerprint density at radius 2 is 1.87 bits per heavy atom. The molecule has 6 nitrogen and oxygen atoms in total. The molecule has 154 valence electrons. The predicted octanol–water partition coefficient (Wildman–Crippen LogP) is 4.54. The van der Waals surface area contributed by atoms with E-state index < -0.39 is 5.91 Å². The molecule has 2 aliphatic rings. The van der Waals surface area contributed by atoms with E-state index in [4.69, 9.17) is 4.42 Å². The van der Waals surface area contributed by atoms with Gasteiger partial charge in [0.05, 0.1) is 10.5 Å². The molecule has 0 saturated carbocycles. The largest absolute Gasteiger partial charge is 0.455 e. The van der Waals surface area contributed by atoms with E-state index in [1.807, 2.05) is 12.1 Å². The molecule has 7 heteroatoms. The number of imide groups is 1. The van der Waals surface area contributed by atoms with Crippen LogP contribution in [0.15, 0.2) is 52.0 Å². The SMILES string of the molecule is O=C1NC(=O)/C(=C/c2cc3cncc(C#Cc4ccc(N5CCCCC5)cc4)c3o2)S1. The van der Waals surface area contributed by atoms with Gasteiger partial charge in [0.1, 0.15) is 5.76 Å². The molecule has 0 aliphatic carbocycles. The third-order valence-corrected chi connectivity index (χ3v) is 6.10. The van der Waals surface area contributed by atoms with Crippen LogP contribution in [0.2, 0.25) is 0 Å². The van der Waals surface area contributed by atoms with Crippen LogP contribution < -0.4 is 10.2 Å². The number of rotatable bonds is 2. The Morgan fingerprint density at radius 3 is 2.61 bits per heavy atom. The lowest BCUT2D eigenvalue weighted by atomic mass is 10.1. The fourth-order valence-electron chi connectivity index (χ4n) is 3.74. The smallest absolute Gasteiger partial charge is 0.290 e. The number of carbonyl (C=O) groups excluding carboxylic acids is 2. The highest BCUT2D eigenvalue weighted by Gasteiger charge is 2.25. The number of carbonyl (C=O) groups is 2. The van der Waals surface area contributed by atoms with Gasteiger partial charge in [0.25, 0.3) is 11.1 Å². The van der Waals surface area contributed by atoms with Crippen LogP contribution in [-0.4, -0.2) is 29.2 Å². The van der Waals surface area contributed by atoms with Gasteiger partial charge in [-0.1, -0.05) is 11.8 Å². The second-order valence-corrected chi connectivity index (χ2v) is 8.47. The van der Waals surface area contributed by atoms with E-state index in [0.29, 0.717) is 21.8 Å². The molecule has 0 atom stereocenters. The summed E-state index contributed by atoms with van der Waals surface area (Å²) in [6.07, 6.45) is 8.72. The van der Waals surface area contributed by atoms with E-state index in [2.05, 4.69) is 39.2 Å². The van der Waals surface area contributed by atoms with Crippen LogP contribution in [0.25, 0.3) is 17.0 Å². The molecule has 4 heterocycles. The van der Waals surface area contributed by atoms with Crippen LogP contribution in [0, 0.1) is 11.8 Å². The first-order valence-corrected chi connectivity index (χ1v) is 11.0. The lowest BCUT2D eigenvalue weighted by Crippen LogP contribution is -2.29. The standard InChI is InChI=1S/C24H19N3O3S/c28-23-21(31-24(29)26-23)13-20-12-18-15-25-14-17(22(18)30-20)7-4-16-5-8-19(9-6-16)27-10-2-1-3-11-27/h5-6,8-9,12-15H,1-3,10-11H2,(H,26,28,29)/b21-13-. The summed E-state index contributed by atoms with van der Waals surface area (Å²) in [6, 6.07) is 10.1. The number of piperidine rings is 1. The number of nitrogens with zero attached hydrogens (tertiary/aromatic N) is 2. The summed E-state index contributed by atoms with van der Waals surface area (Å²) in [5.74, 6) is 6.39. The van der Waals surface area contributed by atoms with Gasteiger partial charge >= 0.3 is 0 Å². The maximum Gasteiger partial charge on any atom is 0.290 e. The van der Waals surface area contributed by atoms with Gasteiger partial charge in [-0.25, -0.2) is 0 Å². The van der Waals surface area contributed by atoms with Gasteiger partial charge in [0.15, 0.2) is 5.58 Å². The van der Waals surface area contributed by atoms with E-state index in [9.17, 15) is 9.59 Å². The van der Waals surface area contributed by atoms with Crippen molar-refractivity contribution in [1.82, 2.24) is 10.3 Å². The van der Waals surface area contributed by atoms with Crippen molar-refractivity contribution in [3.05, 3.63) is 64.5 Å². The molecule has 3 aromatic rings. The number of nitrogens with one attached hydrogen (secondary N) is 1. The van der Waals surface area contributed by atoms with Gasteiger partial charge in [-0.15, -0.1) is 0 Å². The van der Waals surface area contributed by atoms with E-state index >= 15 is 0 Å². The Labute approximate surface area is 183 Å². The summed E-state index contributed by atoms with van der Waals surface area (Å²) in [7, 11) is 0. The van der Waals surface area contributed by atoms with Gasteiger partial charge in [-0.3, -0.25) is 19.9 Å². The van der Waals surface area contributed by atoms with Crippen LogP contribution in [0.5, 0.6) is 0 Å². The zero-order valence-corrected chi connectivity index (χ0v) is 17.5. The second-order valence-electron chi connectivity index (χ2n) is 7.45. The minimum Gasteiger partial charge on any atom is -0.455 e. The number of anilines is 1. The Balaban J connectivity index is 1.39. The van der Waals surface area contributed by atoms with Crippen molar-refractivity contribution in [3.63, 3.8) is 0 Å². The van der Waals surface area contributed by atoms with Crippen molar-refractivity contribution >= 4 is 45.6 Å². The maximum atomic E-state index is 11.8. The van der Waals surface area contributed by atoms with Crippen molar-refractivity contribution in [2.24, 2.45) is 0 Å². The molecular weight excluding hydrogens is 410 g/mol. The first-order valence-electron chi connectivity index (χ1n) is 10.2. The number of aromatic nitrogens is 1. The summed E-state index contributed by atoms with van der Waals surface area (Å²) >= 11 is 0.856. The first-order chi connectivity index (χ1) is 15.2. The number of amides is 2. The molecule has 1 aromatic carbocycles. The highest BCUT2D eigenvalue weighted by Crippen LogP contribution is 2.29. The molecule has 2 aromatic heterocycles. The molecule has 5 rings (SSSR count). The number of fused-ring (bicyclic) bond motifs is 1. The summed E-state index contributed by atoms with van der Waals surface area (Å²) in [6.45, 7) is 2.23. The normalized spacial score (nSPS) is 17.7. The highest BCUT2D eigenvalue weighted by atomic mass is 32.2. The molecule has 1 N–H and O–H groups in total. The second kappa shape index (κ2) is 8.32. The number of hydrogen-bond acceptors (Lipinski definition) is 6. The minimum absolute atomic E-state index is 0.304. The monoisotopic (exact) mass is 429 g/mol.